The molecule has 3 rings (SSSR count). The van der Waals surface area contributed by atoms with E-state index in [4.69, 9.17) is 4.74 Å². The highest BCUT2D eigenvalue weighted by molar-refractivity contribution is 7.92. The molecule has 1 saturated heterocycles. The van der Waals surface area contributed by atoms with Crippen molar-refractivity contribution in [1.82, 2.24) is 0 Å². The van der Waals surface area contributed by atoms with E-state index >= 15 is 0 Å². The van der Waals surface area contributed by atoms with Crippen LogP contribution in [-0.2, 0) is 24.3 Å². The van der Waals surface area contributed by atoms with Gasteiger partial charge in [0.25, 0.3) is 0 Å². The molecule has 28 heavy (non-hydrogen) atoms. The molecule has 0 aliphatic carbocycles. The number of rotatable bonds is 7. The van der Waals surface area contributed by atoms with Crippen molar-refractivity contribution in [2.45, 2.75) is 18.8 Å². The van der Waals surface area contributed by atoms with Crippen LogP contribution in [0.15, 0.2) is 54.6 Å². The number of hydrogen-bond acceptors (Lipinski definition) is 5. The van der Waals surface area contributed by atoms with Gasteiger partial charge in [0, 0.05) is 24.3 Å². The molecule has 1 amide bonds. The summed E-state index contributed by atoms with van der Waals surface area (Å²) in [7, 11) is -2.58. The first kappa shape index (κ1) is 19.9. The topological polar surface area (TPSA) is 92.8 Å². The highest BCUT2D eigenvalue weighted by Crippen LogP contribution is 2.25. The highest BCUT2D eigenvalue weighted by atomic mass is 32.2. The number of carbonyl (C=O) groups is 2. The Morgan fingerprint density at radius 2 is 1.82 bits per heavy atom. The van der Waals surface area contributed by atoms with Crippen molar-refractivity contribution in [1.29, 1.82) is 0 Å². The summed E-state index contributed by atoms with van der Waals surface area (Å²) in [6, 6.07) is 15.3. The molecule has 0 radical (unpaired) electrons. The van der Waals surface area contributed by atoms with Crippen molar-refractivity contribution in [3.05, 3.63) is 60.2 Å². The number of methoxy groups -OCH3 is 1. The van der Waals surface area contributed by atoms with Gasteiger partial charge in [-0.25, -0.2) is 8.42 Å². The minimum Gasteiger partial charge on any atom is -0.469 e. The molecule has 0 unspecified atom stereocenters. The Morgan fingerprint density at radius 3 is 2.39 bits per heavy atom. The summed E-state index contributed by atoms with van der Waals surface area (Å²) < 4.78 is 32.5. The van der Waals surface area contributed by atoms with Crippen LogP contribution in [0.1, 0.15) is 24.3 Å². The molecule has 2 aromatic carbocycles. The molecule has 148 valence electrons. The van der Waals surface area contributed by atoms with Gasteiger partial charge in [0.15, 0.2) is 0 Å². The second-order valence-corrected chi connectivity index (χ2v) is 8.33. The number of amides is 1. The van der Waals surface area contributed by atoms with E-state index < -0.39 is 27.7 Å². The van der Waals surface area contributed by atoms with Gasteiger partial charge < -0.3 is 9.64 Å². The average Bonchev–Trinajstić information content (AvgIpc) is 3.12. The number of nitrogens with one attached hydrogen (secondary N) is 1. The number of benzene rings is 2. The Bertz CT molecular complexity index is 942. The predicted molar refractivity (Wildman–Crippen MR) is 107 cm³/mol. The van der Waals surface area contributed by atoms with Crippen molar-refractivity contribution < 1.29 is 22.7 Å². The van der Waals surface area contributed by atoms with E-state index in [1.54, 1.807) is 59.5 Å². The van der Waals surface area contributed by atoms with E-state index in [-0.39, 0.29) is 5.91 Å². The molecular weight excluding hydrogens is 380 g/mol. The Morgan fingerprint density at radius 1 is 1.14 bits per heavy atom. The number of sulfonamides is 1. The molecule has 0 aromatic heterocycles. The van der Waals surface area contributed by atoms with Gasteiger partial charge in [0.1, 0.15) is 0 Å². The van der Waals surface area contributed by atoms with Crippen molar-refractivity contribution in [3.8, 4) is 0 Å². The van der Waals surface area contributed by atoms with Gasteiger partial charge in [0.2, 0.25) is 15.9 Å². The van der Waals surface area contributed by atoms with E-state index in [9.17, 15) is 18.0 Å². The second kappa shape index (κ2) is 8.43. The number of hydrogen-bond donors (Lipinski definition) is 1. The second-order valence-electron chi connectivity index (χ2n) is 6.57. The first-order chi connectivity index (χ1) is 13.4. The summed E-state index contributed by atoms with van der Waals surface area (Å²) in [5, 5.41) is 0. The molecular formula is C20H22N2O5S. The molecule has 1 aliphatic heterocycles. The molecule has 1 atom stereocenters. The largest absolute Gasteiger partial charge is 0.469 e. The lowest BCUT2D eigenvalue weighted by atomic mass is 10.0. The SMILES string of the molecule is COC(=O)[C@H](CS(=O)(=O)Nc1ccc(N2CCCC2=O)cc1)c1ccccc1. The molecule has 0 saturated carbocycles. The van der Waals surface area contributed by atoms with Crippen LogP contribution in [0, 0.1) is 0 Å². The van der Waals surface area contributed by atoms with Crippen LogP contribution in [0.25, 0.3) is 0 Å². The fourth-order valence-electron chi connectivity index (χ4n) is 3.20. The fourth-order valence-corrected chi connectivity index (χ4v) is 4.55. The van der Waals surface area contributed by atoms with E-state index in [2.05, 4.69) is 4.72 Å². The molecule has 7 nitrogen and oxygen atoms in total. The van der Waals surface area contributed by atoms with E-state index in [1.165, 1.54) is 7.11 Å². The number of ether oxygens (including phenoxy) is 1. The number of anilines is 2. The number of carbonyl (C=O) groups excluding carboxylic acids is 2. The first-order valence-corrected chi connectivity index (χ1v) is 10.6. The summed E-state index contributed by atoms with van der Waals surface area (Å²) in [5.41, 5.74) is 1.68. The van der Waals surface area contributed by atoms with Crippen LogP contribution >= 0.6 is 0 Å². The Labute approximate surface area is 164 Å². The standard InChI is InChI=1S/C20H22N2O5S/c1-27-20(24)18(15-6-3-2-4-7-15)14-28(25,26)21-16-9-11-17(12-10-16)22-13-5-8-19(22)23/h2-4,6-7,9-12,18,21H,5,8,13-14H2,1H3/t18-/m1/s1. The predicted octanol–water partition coefficient (Wildman–Crippen LogP) is 2.51. The van der Waals surface area contributed by atoms with Crippen LogP contribution < -0.4 is 9.62 Å². The van der Waals surface area contributed by atoms with Gasteiger partial charge in [-0.2, -0.15) is 0 Å². The normalized spacial score (nSPS) is 15.3. The van der Waals surface area contributed by atoms with Gasteiger partial charge in [-0.1, -0.05) is 30.3 Å². The van der Waals surface area contributed by atoms with Gasteiger partial charge in [-0.3, -0.25) is 14.3 Å². The van der Waals surface area contributed by atoms with Crippen LogP contribution in [-0.4, -0.2) is 39.7 Å². The number of nitrogens with zero attached hydrogens (tertiary/aromatic N) is 1. The van der Waals surface area contributed by atoms with Crippen molar-refractivity contribution in [2.24, 2.45) is 0 Å². The number of esters is 1. The molecule has 2 aromatic rings. The third kappa shape index (κ3) is 4.69. The van der Waals surface area contributed by atoms with E-state index in [0.717, 1.165) is 12.1 Å². The average molecular weight is 402 g/mol. The molecule has 1 aliphatic rings. The Kier molecular flexibility index (Phi) is 5.99. The lowest BCUT2D eigenvalue weighted by Crippen LogP contribution is -2.27. The van der Waals surface area contributed by atoms with Crippen molar-refractivity contribution in [3.63, 3.8) is 0 Å². The maximum atomic E-state index is 12.6. The molecule has 0 spiro atoms. The highest BCUT2D eigenvalue weighted by Gasteiger charge is 2.28. The molecule has 1 heterocycles. The summed E-state index contributed by atoms with van der Waals surface area (Å²) in [6.45, 7) is 0.668. The first-order valence-electron chi connectivity index (χ1n) is 8.93. The zero-order chi connectivity index (χ0) is 20.1. The zero-order valence-corrected chi connectivity index (χ0v) is 16.3. The smallest absolute Gasteiger partial charge is 0.314 e. The lowest BCUT2D eigenvalue weighted by molar-refractivity contribution is -0.141. The third-order valence-electron chi connectivity index (χ3n) is 4.60. The van der Waals surface area contributed by atoms with Crippen molar-refractivity contribution >= 4 is 33.3 Å². The maximum absolute atomic E-state index is 12.6. The lowest BCUT2D eigenvalue weighted by Gasteiger charge is -2.18. The van der Waals surface area contributed by atoms with Crippen LogP contribution in [0.2, 0.25) is 0 Å². The summed E-state index contributed by atoms with van der Waals surface area (Å²) in [5.74, 6) is -1.91. The van der Waals surface area contributed by atoms with Gasteiger partial charge in [-0.05, 0) is 36.2 Å². The Hall–Kier alpha value is -2.87. The molecule has 0 bridgehead atoms. The van der Waals surface area contributed by atoms with Gasteiger partial charge in [0.05, 0.1) is 18.8 Å². The summed E-state index contributed by atoms with van der Waals surface area (Å²) in [4.78, 5) is 25.6. The monoisotopic (exact) mass is 402 g/mol. The third-order valence-corrected chi connectivity index (χ3v) is 5.92. The van der Waals surface area contributed by atoms with Crippen LogP contribution in [0.4, 0.5) is 11.4 Å². The van der Waals surface area contributed by atoms with Crippen molar-refractivity contribution in [2.75, 3.05) is 29.0 Å². The van der Waals surface area contributed by atoms with Crippen LogP contribution in [0.3, 0.4) is 0 Å². The van der Waals surface area contributed by atoms with Crippen LogP contribution in [0.5, 0.6) is 0 Å². The zero-order valence-electron chi connectivity index (χ0n) is 15.5. The summed E-state index contributed by atoms with van der Waals surface area (Å²) in [6.07, 6.45) is 1.35. The van der Waals surface area contributed by atoms with E-state index in [1.807, 2.05) is 0 Å². The van der Waals surface area contributed by atoms with E-state index in [0.29, 0.717) is 24.2 Å². The summed E-state index contributed by atoms with van der Waals surface area (Å²) >= 11 is 0. The minimum absolute atomic E-state index is 0.0668. The Balaban J connectivity index is 1.73. The quantitative estimate of drug-likeness (QED) is 0.719. The van der Waals surface area contributed by atoms with Gasteiger partial charge >= 0.3 is 5.97 Å². The maximum Gasteiger partial charge on any atom is 0.314 e. The van der Waals surface area contributed by atoms with Gasteiger partial charge in [-0.15, -0.1) is 0 Å². The molecule has 8 heteroatoms. The fraction of sp³-hybridized carbons (Fsp3) is 0.300. The molecule has 1 fully saturated rings. The molecule has 1 N–H and O–H groups in total. The minimum atomic E-state index is -3.81.